The Hall–Kier alpha value is -1.79. The molecule has 1 aliphatic heterocycles. The summed E-state index contributed by atoms with van der Waals surface area (Å²) in [6.45, 7) is 11.1. The molecular weight excluding hydrogens is 364 g/mol. The molecule has 29 heavy (non-hydrogen) atoms. The molecule has 1 saturated heterocycles. The van der Waals surface area contributed by atoms with Crippen LogP contribution in [0, 0.1) is 11.8 Å². The van der Waals surface area contributed by atoms with Crippen LogP contribution in [0.3, 0.4) is 0 Å². The van der Waals surface area contributed by atoms with Crippen molar-refractivity contribution < 1.29 is 9.47 Å². The van der Waals surface area contributed by atoms with Crippen molar-refractivity contribution >= 4 is 5.96 Å². The molecule has 0 amide bonds. The number of methoxy groups -OCH3 is 1. The highest BCUT2D eigenvalue weighted by atomic mass is 16.5. The van der Waals surface area contributed by atoms with E-state index in [2.05, 4.69) is 46.5 Å². The Morgan fingerprint density at radius 1 is 1.14 bits per heavy atom. The van der Waals surface area contributed by atoms with Crippen LogP contribution in [0.5, 0.6) is 5.75 Å². The maximum Gasteiger partial charge on any atom is 0.191 e. The number of likely N-dealkylation sites (tertiary alicyclic amines) is 1. The summed E-state index contributed by atoms with van der Waals surface area (Å²) in [5.41, 5.74) is 1.35. The van der Waals surface area contributed by atoms with Crippen LogP contribution in [0.25, 0.3) is 0 Å². The van der Waals surface area contributed by atoms with Gasteiger partial charge in [0.05, 0.1) is 13.7 Å². The average molecular weight is 405 g/mol. The van der Waals surface area contributed by atoms with Crippen LogP contribution in [0.1, 0.15) is 38.7 Å². The second kappa shape index (κ2) is 13.4. The van der Waals surface area contributed by atoms with Crippen molar-refractivity contribution in [3.63, 3.8) is 0 Å². The van der Waals surface area contributed by atoms with E-state index in [0.29, 0.717) is 11.8 Å². The number of rotatable bonds is 11. The first-order valence-electron chi connectivity index (χ1n) is 11.0. The number of nitrogens with one attached hydrogen (secondary N) is 2. The van der Waals surface area contributed by atoms with Gasteiger partial charge in [-0.3, -0.25) is 9.89 Å². The highest BCUT2D eigenvalue weighted by Gasteiger charge is 2.19. The summed E-state index contributed by atoms with van der Waals surface area (Å²) in [7, 11) is 3.53. The summed E-state index contributed by atoms with van der Waals surface area (Å²) in [5, 5.41) is 6.82. The van der Waals surface area contributed by atoms with Crippen LogP contribution >= 0.6 is 0 Å². The summed E-state index contributed by atoms with van der Waals surface area (Å²) in [5.74, 6) is 3.18. The summed E-state index contributed by atoms with van der Waals surface area (Å²) in [6, 6.07) is 8.41. The Balaban J connectivity index is 1.58. The molecule has 1 aromatic rings. The second-order valence-electron chi connectivity index (χ2n) is 8.24. The third-order valence-electron chi connectivity index (χ3n) is 5.43. The van der Waals surface area contributed by atoms with Crippen LogP contribution in [0.2, 0.25) is 0 Å². The van der Waals surface area contributed by atoms with E-state index in [4.69, 9.17) is 9.47 Å². The van der Waals surface area contributed by atoms with Gasteiger partial charge in [0.25, 0.3) is 0 Å². The van der Waals surface area contributed by atoms with Crippen molar-refractivity contribution in [2.24, 2.45) is 16.8 Å². The quantitative estimate of drug-likeness (QED) is 0.337. The number of benzene rings is 1. The van der Waals surface area contributed by atoms with Gasteiger partial charge in [0, 0.05) is 33.3 Å². The van der Waals surface area contributed by atoms with Crippen molar-refractivity contribution in [3.05, 3.63) is 29.8 Å². The number of hydrogen-bond donors (Lipinski definition) is 2. The summed E-state index contributed by atoms with van der Waals surface area (Å²) in [6.07, 6.45) is 3.56. The molecule has 0 radical (unpaired) electrons. The molecule has 0 unspecified atom stereocenters. The standard InChI is InChI=1S/C23H40N4O2/c1-19(2)11-15-29-16-12-25-23(24-3)26-17-20-9-13-27(14-10-20)18-21-5-7-22(28-4)8-6-21/h5-8,19-20H,9-18H2,1-4H3,(H2,24,25,26). The van der Waals surface area contributed by atoms with E-state index in [0.717, 1.165) is 64.1 Å². The topological polar surface area (TPSA) is 58.1 Å². The monoisotopic (exact) mass is 404 g/mol. The molecule has 2 N–H and O–H groups in total. The van der Waals surface area contributed by atoms with Crippen molar-refractivity contribution in [1.82, 2.24) is 15.5 Å². The summed E-state index contributed by atoms with van der Waals surface area (Å²) < 4.78 is 10.9. The van der Waals surface area contributed by atoms with E-state index < -0.39 is 0 Å². The Bertz CT molecular complexity index is 581. The lowest BCUT2D eigenvalue weighted by molar-refractivity contribution is 0.128. The highest BCUT2D eigenvalue weighted by molar-refractivity contribution is 5.79. The Morgan fingerprint density at radius 2 is 1.86 bits per heavy atom. The minimum Gasteiger partial charge on any atom is -0.497 e. The largest absolute Gasteiger partial charge is 0.497 e. The zero-order chi connectivity index (χ0) is 20.9. The number of aliphatic imine (C=N–C) groups is 1. The van der Waals surface area contributed by atoms with Crippen LogP contribution in [-0.4, -0.2) is 64.4 Å². The normalized spacial score (nSPS) is 16.2. The van der Waals surface area contributed by atoms with Crippen molar-refractivity contribution in [3.8, 4) is 5.75 Å². The summed E-state index contributed by atoms with van der Waals surface area (Å²) in [4.78, 5) is 6.86. The predicted octanol–water partition coefficient (Wildman–Crippen LogP) is 3.13. The van der Waals surface area contributed by atoms with Gasteiger partial charge in [-0.2, -0.15) is 0 Å². The maximum absolute atomic E-state index is 5.65. The number of guanidine groups is 1. The Labute approximate surface area is 177 Å². The van der Waals surface area contributed by atoms with Crippen LogP contribution in [0.15, 0.2) is 29.3 Å². The molecule has 2 rings (SSSR count). The minimum atomic E-state index is 0.694. The lowest BCUT2D eigenvalue weighted by Crippen LogP contribution is -2.43. The molecule has 6 nitrogen and oxygen atoms in total. The molecule has 0 aromatic heterocycles. The van der Waals surface area contributed by atoms with Crippen LogP contribution in [-0.2, 0) is 11.3 Å². The molecule has 0 aliphatic carbocycles. The third-order valence-corrected chi connectivity index (χ3v) is 5.43. The van der Waals surface area contributed by atoms with Crippen molar-refractivity contribution in [2.45, 2.75) is 39.7 Å². The van der Waals surface area contributed by atoms with Gasteiger partial charge in [0.1, 0.15) is 5.75 Å². The first-order chi connectivity index (χ1) is 14.1. The van der Waals surface area contributed by atoms with E-state index in [1.807, 2.05) is 19.2 Å². The molecule has 6 heteroatoms. The molecular formula is C23H40N4O2. The first kappa shape index (κ1) is 23.5. The molecule has 1 heterocycles. The highest BCUT2D eigenvalue weighted by Crippen LogP contribution is 2.19. The van der Waals surface area contributed by atoms with Crippen LogP contribution < -0.4 is 15.4 Å². The fraction of sp³-hybridized carbons (Fsp3) is 0.696. The smallest absolute Gasteiger partial charge is 0.191 e. The molecule has 0 atom stereocenters. The van der Waals surface area contributed by atoms with E-state index in [1.165, 1.54) is 18.4 Å². The van der Waals surface area contributed by atoms with Gasteiger partial charge < -0.3 is 20.1 Å². The molecule has 1 aliphatic rings. The second-order valence-corrected chi connectivity index (χ2v) is 8.24. The van der Waals surface area contributed by atoms with Gasteiger partial charge in [-0.1, -0.05) is 26.0 Å². The number of hydrogen-bond acceptors (Lipinski definition) is 4. The van der Waals surface area contributed by atoms with Crippen LogP contribution in [0.4, 0.5) is 0 Å². The zero-order valence-corrected chi connectivity index (χ0v) is 18.7. The summed E-state index contributed by atoms with van der Waals surface area (Å²) >= 11 is 0. The molecule has 1 fully saturated rings. The van der Waals surface area contributed by atoms with Gasteiger partial charge in [-0.25, -0.2) is 0 Å². The van der Waals surface area contributed by atoms with Gasteiger partial charge in [-0.15, -0.1) is 0 Å². The van der Waals surface area contributed by atoms with E-state index in [1.54, 1.807) is 7.11 Å². The number of piperidine rings is 1. The Kier molecular flexibility index (Phi) is 10.9. The van der Waals surface area contributed by atoms with E-state index in [9.17, 15) is 0 Å². The van der Waals surface area contributed by atoms with Gasteiger partial charge in [-0.05, 0) is 61.9 Å². The molecule has 1 aromatic carbocycles. The third kappa shape index (κ3) is 9.50. The molecule has 164 valence electrons. The van der Waals surface area contributed by atoms with Crippen molar-refractivity contribution in [2.75, 3.05) is 53.6 Å². The van der Waals surface area contributed by atoms with E-state index in [-0.39, 0.29) is 0 Å². The van der Waals surface area contributed by atoms with Crippen molar-refractivity contribution in [1.29, 1.82) is 0 Å². The fourth-order valence-corrected chi connectivity index (χ4v) is 3.46. The SMILES string of the molecule is CN=C(NCCOCCC(C)C)NCC1CCN(Cc2ccc(OC)cc2)CC1. The Morgan fingerprint density at radius 3 is 2.48 bits per heavy atom. The first-order valence-corrected chi connectivity index (χ1v) is 11.0. The zero-order valence-electron chi connectivity index (χ0n) is 18.7. The van der Waals surface area contributed by atoms with Gasteiger partial charge in [0.2, 0.25) is 0 Å². The average Bonchev–Trinajstić information content (AvgIpc) is 2.74. The van der Waals surface area contributed by atoms with E-state index >= 15 is 0 Å². The maximum atomic E-state index is 5.65. The fourth-order valence-electron chi connectivity index (χ4n) is 3.46. The van der Waals surface area contributed by atoms with Gasteiger partial charge >= 0.3 is 0 Å². The lowest BCUT2D eigenvalue weighted by atomic mass is 9.96. The lowest BCUT2D eigenvalue weighted by Gasteiger charge is -2.32. The van der Waals surface area contributed by atoms with Gasteiger partial charge in [0.15, 0.2) is 5.96 Å². The number of nitrogens with zero attached hydrogens (tertiary/aromatic N) is 2. The molecule has 0 saturated carbocycles. The number of ether oxygens (including phenoxy) is 2. The molecule has 0 bridgehead atoms. The predicted molar refractivity (Wildman–Crippen MR) is 121 cm³/mol. The minimum absolute atomic E-state index is 0.694. The molecule has 0 spiro atoms.